The molecule has 39 heavy (non-hydrogen) atoms. The summed E-state index contributed by atoms with van der Waals surface area (Å²) in [4.78, 5) is 18.5. The van der Waals surface area contributed by atoms with Gasteiger partial charge in [0, 0.05) is 27.4 Å². The molecule has 0 spiro atoms. The average Bonchev–Trinajstić information content (AvgIpc) is 3.64. The summed E-state index contributed by atoms with van der Waals surface area (Å²) in [6.07, 6.45) is 4.77. The van der Waals surface area contributed by atoms with E-state index in [2.05, 4.69) is 39.0 Å². The summed E-state index contributed by atoms with van der Waals surface area (Å²) in [5.41, 5.74) is 5.16. The van der Waals surface area contributed by atoms with Crippen LogP contribution in [0.1, 0.15) is 24.5 Å². The van der Waals surface area contributed by atoms with Gasteiger partial charge in [-0.25, -0.2) is 4.68 Å². The standard InChI is InChI=1S/C30H24BrN5O2S/c1-3-15-38-25-14-11-21(16-19(25)2)27-22(18-35(33-27)24-7-5-4-6-8-24)17-26-29(37)36-30(39-26)32-28(34-36)20-9-12-23(31)13-10-20/h4-14,16-18H,3,15H2,1-2H3. The molecule has 9 heteroatoms. The summed E-state index contributed by atoms with van der Waals surface area (Å²) < 4.78 is 10.6. The van der Waals surface area contributed by atoms with E-state index in [-0.39, 0.29) is 5.56 Å². The lowest BCUT2D eigenvalue weighted by Gasteiger charge is -2.09. The van der Waals surface area contributed by atoms with Crippen LogP contribution in [0, 0.1) is 6.92 Å². The second-order valence-electron chi connectivity index (χ2n) is 9.09. The molecule has 0 aliphatic carbocycles. The Morgan fingerprint density at radius 1 is 1.00 bits per heavy atom. The van der Waals surface area contributed by atoms with Crippen LogP contribution < -0.4 is 14.8 Å². The van der Waals surface area contributed by atoms with Crippen molar-refractivity contribution in [1.29, 1.82) is 0 Å². The first-order valence-electron chi connectivity index (χ1n) is 12.6. The second-order valence-corrected chi connectivity index (χ2v) is 11.0. The van der Waals surface area contributed by atoms with Crippen LogP contribution in [0.15, 0.2) is 88.3 Å². The zero-order valence-corrected chi connectivity index (χ0v) is 23.7. The molecule has 194 valence electrons. The molecule has 0 aliphatic heterocycles. The largest absolute Gasteiger partial charge is 0.493 e. The zero-order chi connectivity index (χ0) is 26.9. The maximum atomic E-state index is 13.3. The second kappa shape index (κ2) is 10.6. The van der Waals surface area contributed by atoms with Crippen LogP contribution in [0.5, 0.6) is 5.75 Å². The first-order chi connectivity index (χ1) is 19.0. The SMILES string of the molecule is CCCOc1ccc(-c2nn(-c3ccccc3)cc2C=c2sc3nc(-c4ccc(Br)cc4)nn3c2=O)cc1C. The lowest BCUT2D eigenvalue weighted by atomic mass is 10.0. The highest BCUT2D eigenvalue weighted by Crippen LogP contribution is 2.29. The molecule has 0 fully saturated rings. The summed E-state index contributed by atoms with van der Waals surface area (Å²) in [7, 11) is 0. The van der Waals surface area contributed by atoms with Crippen molar-refractivity contribution in [3.05, 3.63) is 109 Å². The molecule has 3 aromatic carbocycles. The van der Waals surface area contributed by atoms with Gasteiger partial charge >= 0.3 is 0 Å². The Morgan fingerprint density at radius 2 is 1.77 bits per heavy atom. The van der Waals surface area contributed by atoms with Crippen molar-refractivity contribution < 1.29 is 4.74 Å². The molecule has 0 saturated carbocycles. The molecule has 0 unspecified atom stereocenters. The predicted octanol–water partition coefficient (Wildman–Crippen LogP) is 6.08. The van der Waals surface area contributed by atoms with Crippen molar-refractivity contribution in [1.82, 2.24) is 24.4 Å². The third kappa shape index (κ3) is 5.03. The molecule has 7 nitrogen and oxygen atoms in total. The summed E-state index contributed by atoms with van der Waals surface area (Å²) in [6.45, 7) is 4.79. The monoisotopic (exact) mass is 597 g/mol. The lowest BCUT2D eigenvalue weighted by Crippen LogP contribution is -2.23. The summed E-state index contributed by atoms with van der Waals surface area (Å²) >= 11 is 4.76. The van der Waals surface area contributed by atoms with Crippen LogP contribution in [0.25, 0.3) is 39.4 Å². The Bertz CT molecular complexity index is 1890. The molecule has 0 bridgehead atoms. The first-order valence-corrected chi connectivity index (χ1v) is 14.2. The maximum absolute atomic E-state index is 13.3. The van der Waals surface area contributed by atoms with Crippen LogP contribution in [0.2, 0.25) is 0 Å². The minimum absolute atomic E-state index is 0.205. The van der Waals surface area contributed by atoms with Crippen LogP contribution in [-0.2, 0) is 0 Å². The number of fused-ring (bicyclic) bond motifs is 1. The summed E-state index contributed by atoms with van der Waals surface area (Å²) in [5.74, 6) is 1.39. The Labute approximate surface area is 237 Å². The molecule has 0 saturated heterocycles. The Kier molecular flexibility index (Phi) is 6.85. The van der Waals surface area contributed by atoms with Gasteiger partial charge in [0.15, 0.2) is 5.82 Å². The summed E-state index contributed by atoms with van der Waals surface area (Å²) in [6, 6.07) is 23.7. The van der Waals surface area contributed by atoms with E-state index in [1.807, 2.05) is 90.6 Å². The molecular weight excluding hydrogens is 574 g/mol. The highest BCUT2D eigenvalue weighted by atomic mass is 79.9. The van der Waals surface area contributed by atoms with E-state index in [9.17, 15) is 4.79 Å². The number of aromatic nitrogens is 5. The number of benzene rings is 3. The number of rotatable bonds is 7. The summed E-state index contributed by atoms with van der Waals surface area (Å²) in [5, 5.41) is 9.40. The fourth-order valence-electron chi connectivity index (χ4n) is 4.30. The van der Waals surface area contributed by atoms with Crippen molar-refractivity contribution >= 4 is 38.3 Å². The Hall–Kier alpha value is -4.08. The Balaban J connectivity index is 1.45. The van der Waals surface area contributed by atoms with Crippen LogP contribution in [0.4, 0.5) is 0 Å². The van der Waals surface area contributed by atoms with Gasteiger partial charge < -0.3 is 4.74 Å². The van der Waals surface area contributed by atoms with Gasteiger partial charge in [-0.05, 0) is 67.4 Å². The van der Waals surface area contributed by atoms with E-state index in [0.29, 0.717) is 21.9 Å². The molecular formula is C30H24BrN5O2S. The molecule has 0 radical (unpaired) electrons. The van der Waals surface area contributed by atoms with Gasteiger partial charge in [0.2, 0.25) is 4.96 Å². The fraction of sp³-hybridized carbons (Fsp3) is 0.133. The fourth-order valence-corrected chi connectivity index (χ4v) is 5.46. The minimum Gasteiger partial charge on any atom is -0.493 e. The van der Waals surface area contributed by atoms with Gasteiger partial charge in [0.25, 0.3) is 5.56 Å². The van der Waals surface area contributed by atoms with E-state index in [0.717, 1.165) is 50.3 Å². The molecule has 3 aromatic heterocycles. The topological polar surface area (TPSA) is 74.3 Å². The van der Waals surface area contributed by atoms with Gasteiger partial charge in [-0.1, -0.05) is 64.5 Å². The number of hydrogen-bond acceptors (Lipinski definition) is 6. The average molecular weight is 599 g/mol. The normalized spacial score (nSPS) is 11.9. The highest BCUT2D eigenvalue weighted by molar-refractivity contribution is 9.10. The lowest BCUT2D eigenvalue weighted by molar-refractivity contribution is 0.315. The van der Waals surface area contributed by atoms with Gasteiger partial charge in [-0.15, -0.1) is 5.10 Å². The van der Waals surface area contributed by atoms with Crippen LogP contribution in [-0.4, -0.2) is 31.0 Å². The van der Waals surface area contributed by atoms with E-state index < -0.39 is 0 Å². The number of para-hydroxylation sites is 1. The smallest absolute Gasteiger partial charge is 0.291 e. The van der Waals surface area contributed by atoms with Crippen molar-refractivity contribution in [2.24, 2.45) is 0 Å². The quantitative estimate of drug-likeness (QED) is 0.223. The molecule has 3 heterocycles. The van der Waals surface area contributed by atoms with Crippen LogP contribution >= 0.6 is 27.3 Å². The van der Waals surface area contributed by atoms with Crippen molar-refractivity contribution in [2.45, 2.75) is 20.3 Å². The number of thiazole rings is 1. The van der Waals surface area contributed by atoms with Gasteiger partial charge in [-0.2, -0.15) is 14.6 Å². The van der Waals surface area contributed by atoms with Crippen LogP contribution in [0.3, 0.4) is 0 Å². The Morgan fingerprint density at radius 3 is 2.49 bits per heavy atom. The molecule has 0 N–H and O–H groups in total. The number of ether oxygens (including phenoxy) is 1. The predicted molar refractivity (Wildman–Crippen MR) is 159 cm³/mol. The van der Waals surface area contributed by atoms with E-state index >= 15 is 0 Å². The minimum atomic E-state index is -0.205. The van der Waals surface area contributed by atoms with Crippen molar-refractivity contribution in [2.75, 3.05) is 6.61 Å². The molecule has 0 amide bonds. The number of hydrogen-bond donors (Lipinski definition) is 0. The number of halogens is 1. The number of nitrogens with zero attached hydrogens (tertiary/aromatic N) is 5. The molecule has 6 aromatic rings. The van der Waals surface area contributed by atoms with E-state index in [1.54, 1.807) is 0 Å². The maximum Gasteiger partial charge on any atom is 0.291 e. The van der Waals surface area contributed by atoms with Gasteiger partial charge in [0.05, 0.1) is 16.8 Å². The third-order valence-electron chi connectivity index (χ3n) is 6.24. The van der Waals surface area contributed by atoms with E-state index in [1.165, 1.54) is 15.9 Å². The third-order valence-corrected chi connectivity index (χ3v) is 7.73. The van der Waals surface area contributed by atoms with Gasteiger partial charge in [0.1, 0.15) is 11.4 Å². The zero-order valence-electron chi connectivity index (χ0n) is 21.3. The molecule has 6 rings (SSSR count). The van der Waals surface area contributed by atoms with E-state index in [4.69, 9.17) is 9.84 Å². The highest BCUT2D eigenvalue weighted by Gasteiger charge is 2.16. The van der Waals surface area contributed by atoms with Crippen molar-refractivity contribution in [3.63, 3.8) is 0 Å². The molecule has 0 atom stereocenters. The molecule has 0 aliphatic rings. The van der Waals surface area contributed by atoms with Gasteiger partial charge in [-0.3, -0.25) is 4.79 Å². The van der Waals surface area contributed by atoms with Crippen molar-refractivity contribution in [3.8, 4) is 34.1 Å². The number of aryl methyl sites for hydroxylation is 1. The first kappa shape index (κ1) is 25.2.